The third-order valence-corrected chi connectivity index (χ3v) is 3.90. The molecular weight excluding hydrogens is 334 g/mol. The molecule has 0 aromatic heterocycles. The Balaban J connectivity index is 1.77. The monoisotopic (exact) mass is 361 g/mol. The van der Waals surface area contributed by atoms with Gasteiger partial charge in [-0.25, -0.2) is 0 Å². The van der Waals surface area contributed by atoms with Gasteiger partial charge in [0.1, 0.15) is 13.2 Å². The first-order valence-electron chi connectivity index (χ1n) is 8.47. The van der Waals surface area contributed by atoms with Crippen LogP contribution in [0.2, 0.25) is 0 Å². The lowest BCUT2D eigenvalue weighted by atomic mass is 10.3. The molecule has 0 aliphatic heterocycles. The molecule has 0 radical (unpaired) electrons. The van der Waals surface area contributed by atoms with Crippen molar-refractivity contribution in [1.29, 1.82) is 0 Å². The van der Waals surface area contributed by atoms with Crippen LogP contribution in [-0.2, 0) is 0 Å². The fourth-order valence-electron chi connectivity index (χ4n) is 2.42. The summed E-state index contributed by atoms with van der Waals surface area (Å²) in [6, 6.07) is 13.2. The van der Waals surface area contributed by atoms with Gasteiger partial charge in [0.05, 0.1) is 21.3 Å². The van der Waals surface area contributed by atoms with E-state index in [4.69, 9.17) is 23.7 Å². The van der Waals surface area contributed by atoms with Gasteiger partial charge in [-0.3, -0.25) is 4.90 Å². The molecule has 0 fully saturated rings. The second-order valence-electron chi connectivity index (χ2n) is 5.64. The lowest BCUT2D eigenvalue weighted by Crippen LogP contribution is -2.28. The van der Waals surface area contributed by atoms with Crippen LogP contribution >= 0.6 is 0 Å². The molecule has 2 aromatic rings. The van der Waals surface area contributed by atoms with Gasteiger partial charge in [-0.2, -0.15) is 0 Å². The first-order chi connectivity index (χ1) is 12.7. The molecule has 0 amide bonds. The highest BCUT2D eigenvalue weighted by Gasteiger charge is 2.11. The Morgan fingerprint density at radius 3 is 1.73 bits per heavy atom. The third-order valence-electron chi connectivity index (χ3n) is 3.90. The smallest absolute Gasteiger partial charge is 0.203 e. The minimum absolute atomic E-state index is 0.516. The predicted octanol–water partition coefficient (Wildman–Crippen LogP) is 3.10. The second kappa shape index (κ2) is 10.4. The van der Waals surface area contributed by atoms with Gasteiger partial charge in [-0.1, -0.05) is 18.2 Å². The van der Waals surface area contributed by atoms with Crippen molar-refractivity contribution in [2.24, 2.45) is 0 Å². The van der Waals surface area contributed by atoms with Crippen molar-refractivity contribution in [3.8, 4) is 28.7 Å². The lowest BCUT2D eigenvalue weighted by molar-refractivity contribution is 0.193. The summed E-state index contributed by atoms with van der Waals surface area (Å²) in [6.45, 7) is 2.59. The van der Waals surface area contributed by atoms with Gasteiger partial charge in [0, 0.05) is 13.1 Å². The van der Waals surface area contributed by atoms with E-state index in [2.05, 4.69) is 4.90 Å². The van der Waals surface area contributed by atoms with Gasteiger partial charge < -0.3 is 23.7 Å². The molecule has 0 aliphatic rings. The van der Waals surface area contributed by atoms with E-state index in [1.165, 1.54) is 0 Å². The van der Waals surface area contributed by atoms with Gasteiger partial charge in [0.2, 0.25) is 5.75 Å². The van der Waals surface area contributed by atoms with Crippen molar-refractivity contribution in [1.82, 2.24) is 4.90 Å². The summed E-state index contributed by atoms with van der Waals surface area (Å²) in [5, 5.41) is 0. The van der Waals surface area contributed by atoms with Crippen LogP contribution in [0, 0.1) is 0 Å². The number of likely N-dealkylation sites (N-methyl/N-ethyl adjacent to an activating group) is 1. The van der Waals surface area contributed by atoms with E-state index in [9.17, 15) is 0 Å². The molecule has 0 bridgehead atoms. The van der Waals surface area contributed by atoms with Gasteiger partial charge in [-0.05, 0) is 31.3 Å². The molecule has 6 heteroatoms. The quantitative estimate of drug-likeness (QED) is 0.613. The highest BCUT2D eigenvalue weighted by molar-refractivity contribution is 5.51. The molecule has 0 atom stereocenters. The zero-order chi connectivity index (χ0) is 18.8. The normalized spacial score (nSPS) is 10.5. The van der Waals surface area contributed by atoms with E-state index in [0.29, 0.717) is 30.5 Å². The average molecular weight is 361 g/mol. The summed E-state index contributed by atoms with van der Waals surface area (Å²) in [4.78, 5) is 2.14. The molecule has 0 heterocycles. The van der Waals surface area contributed by atoms with Crippen molar-refractivity contribution in [3.05, 3.63) is 42.5 Å². The molecule has 6 nitrogen and oxygen atoms in total. The minimum atomic E-state index is 0.516. The standard InChI is InChI=1S/C20H27NO5/c1-21(12-14-25-17-9-6-5-8-16(17)22-2)13-15-26-20-18(23-3)10-7-11-19(20)24-4/h5-11H,12-15H2,1-4H3. The van der Waals surface area contributed by atoms with Gasteiger partial charge in [0.15, 0.2) is 23.0 Å². The van der Waals surface area contributed by atoms with Crippen molar-refractivity contribution in [2.45, 2.75) is 0 Å². The van der Waals surface area contributed by atoms with Crippen LogP contribution in [0.4, 0.5) is 0 Å². The number of nitrogens with zero attached hydrogens (tertiary/aromatic N) is 1. The van der Waals surface area contributed by atoms with Crippen LogP contribution < -0.4 is 23.7 Å². The number of rotatable bonds is 11. The maximum Gasteiger partial charge on any atom is 0.203 e. The number of hydrogen-bond acceptors (Lipinski definition) is 6. The van der Waals surface area contributed by atoms with Gasteiger partial charge >= 0.3 is 0 Å². The van der Waals surface area contributed by atoms with E-state index < -0.39 is 0 Å². The zero-order valence-corrected chi connectivity index (χ0v) is 15.9. The van der Waals surface area contributed by atoms with Gasteiger partial charge in [0.25, 0.3) is 0 Å². The Kier molecular flexibility index (Phi) is 7.89. The number of para-hydroxylation sites is 3. The van der Waals surface area contributed by atoms with Crippen LogP contribution in [0.25, 0.3) is 0 Å². The summed E-state index contributed by atoms with van der Waals surface area (Å²) < 4.78 is 27.6. The van der Waals surface area contributed by atoms with Crippen LogP contribution in [0.5, 0.6) is 28.7 Å². The largest absolute Gasteiger partial charge is 0.493 e. The van der Waals surface area contributed by atoms with E-state index >= 15 is 0 Å². The van der Waals surface area contributed by atoms with Crippen LogP contribution in [0.1, 0.15) is 0 Å². The maximum atomic E-state index is 5.87. The second-order valence-corrected chi connectivity index (χ2v) is 5.64. The maximum absolute atomic E-state index is 5.87. The average Bonchev–Trinajstić information content (AvgIpc) is 2.68. The van der Waals surface area contributed by atoms with Crippen LogP contribution in [-0.4, -0.2) is 59.6 Å². The van der Waals surface area contributed by atoms with Crippen LogP contribution in [0.3, 0.4) is 0 Å². The predicted molar refractivity (Wildman–Crippen MR) is 101 cm³/mol. The van der Waals surface area contributed by atoms with Crippen molar-refractivity contribution >= 4 is 0 Å². The molecular formula is C20H27NO5. The minimum Gasteiger partial charge on any atom is -0.493 e. The molecule has 0 spiro atoms. The summed E-state index contributed by atoms with van der Waals surface area (Å²) >= 11 is 0. The molecule has 0 aliphatic carbocycles. The van der Waals surface area contributed by atoms with Crippen LogP contribution in [0.15, 0.2) is 42.5 Å². The lowest BCUT2D eigenvalue weighted by Gasteiger charge is -2.19. The number of ether oxygens (including phenoxy) is 5. The van der Waals surface area contributed by atoms with E-state index in [-0.39, 0.29) is 0 Å². The van der Waals surface area contributed by atoms with E-state index in [1.54, 1.807) is 21.3 Å². The Hall–Kier alpha value is -2.60. The fraction of sp³-hybridized carbons (Fsp3) is 0.400. The SMILES string of the molecule is COc1ccccc1OCCN(C)CCOc1c(OC)cccc1OC. The molecule has 142 valence electrons. The molecule has 0 saturated carbocycles. The highest BCUT2D eigenvalue weighted by Crippen LogP contribution is 2.36. The summed E-state index contributed by atoms with van der Waals surface area (Å²) in [5.74, 6) is 3.43. The topological polar surface area (TPSA) is 49.4 Å². The van der Waals surface area contributed by atoms with E-state index in [0.717, 1.165) is 24.6 Å². The molecule has 2 aromatic carbocycles. The van der Waals surface area contributed by atoms with Crippen molar-refractivity contribution in [3.63, 3.8) is 0 Å². The molecule has 26 heavy (non-hydrogen) atoms. The van der Waals surface area contributed by atoms with Gasteiger partial charge in [-0.15, -0.1) is 0 Å². The van der Waals surface area contributed by atoms with Crippen molar-refractivity contribution in [2.75, 3.05) is 54.7 Å². The Morgan fingerprint density at radius 1 is 0.654 bits per heavy atom. The first-order valence-corrected chi connectivity index (χ1v) is 8.47. The first kappa shape index (κ1) is 19.7. The Labute approximate surface area is 155 Å². The van der Waals surface area contributed by atoms with Crippen molar-refractivity contribution < 1.29 is 23.7 Å². The fourth-order valence-corrected chi connectivity index (χ4v) is 2.42. The molecule has 0 saturated heterocycles. The Bertz CT molecular complexity index is 655. The molecule has 2 rings (SSSR count). The zero-order valence-electron chi connectivity index (χ0n) is 15.9. The summed E-state index contributed by atoms with van der Waals surface area (Å²) in [5.41, 5.74) is 0. The highest BCUT2D eigenvalue weighted by atomic mass is 16.5. The number of benzene rings is 2. The van der Waals surface area contributed by atoms with E-state index in [1.807, 2.05) is 49.5 Å². The number of hydrogen-bond donors (Lipinski definition) is 0. The molecule has 0 N–H and O–H groups in total. The summed E-state index contributed by atoms with van der Waals surface area (Å²) in [7, 11) is 6.89. The summed E-state index contributed by atoms with van der Waals surface area (Å²) in [6.07, 6.45) is 0. The third kappa shape index (κ3) is 5.46. The molecule has 0 unspecified atom stereocenters. The Morgan fingerprint density at radius 2 is 1.15 bits per heavy atom. The number of methoxy groups -OCH3 is 3.